The molecule has 0 saturated carbocycles. The van der Waals surface area contributed by atoms with E-state index < -0.39 is 0 Å². The number of ether oxygens (including phenoxy) is 1. The number of terminal acetylenes is 1. The molecule has 1 aromatic rings. The van der Waals surface area contributed by atoms with Crippen molar-refractivity contribution in [3.05, 3.63) is 36.2 Å². The van der Waals surface area contributed by atoms with Crippen LogP contribution >= 0.6 is 0 Å². The molecule has 0 aliphatic heterocycles. The quantitative estimate of drug-likeness (QED) is 0.577. The van der Waals surface area contributed by atoms with Crippen molar-refractivity contribution in [2.24, 2.45) is 0 Å². The van der Waals surface area contributed by atoms with E-state index in [0.717, 1.165) is 11.3 Å². The Morgan fingerprint density at radius 2 is 2.18 bits per heavy atom. The molecule has 0 saturated heterocycles. The van der Waals surface area contributed by atoms with Crippen LogP contribution in [0.25, 0.3) is 0 Å². The summed E-state index contributed by atoms with van der Waals surface area (Å²) in [6.45, 7) is 0. The second-order valence-electron chi connectivity index (χ2n) is 2.05. The summed E-state index contributed by atoms with van der Waals surface area (Å²) in [7, 11) is 1.63. The lowest BCUT2D eigenvalue weighted by Crippen LogP contribution is -1.87. The van der Waals surface area contributed by atoms with Crippen molar-refractivity contribution in [2.45, 2.75) is 0 Å². The number of hydrogen-bond acceptors (Lipinski definition) is 1. The topological polar surface area (TPSA) is 9.23 Å². The molecule has 0 bridgehead atoms. The van der Waals surface area contributed by atoms with Gasteiger partial charge in [0.15, 0.2) is 0 Å². The van der Waals surface area contributed by atoms with Gasteiger partial charge in [-0.05, 0) is 6.07 Å². The van der Waals surface area contributed by atoms with E-state index in [9.17, 15) is 0 Å². The minimum Gasteiger partial charge on any atom is -0.496 e. The van der Waals surface area contributed by atoms with Crippen molar-refractivity contribution in [2.75, 3.05) is 7.11 Å². The van der Waals surface area contributed by atoms with Crippen molar-refractivity contribution in [3.63, 3.8) is 0 Å². The van der Waals surface area contributed by atoms with Crippen LogP contribution in [-0.2, 0) is 0 Å². The third-order valence-electron chi connectivity index (χ3n) is 1.38. The minimum absolute atomic E-state index is 0.811. The molecule has 0 amide bonds. The maximum absolute atomic E-state index is 5.12. The Morgan fingerprint density at radius 3 is 2.82 bits per heavy atom. The predicted molar refractivity (Wildman–Crippen MR) is 45.2 cm³/mol. The van der Waals surface area contributed by atoms with E-state index in [4.69, 9.17) is 11.2 Å². The highest BCUT2D eigenvalue weighted by Crippen LogP contribution is 2.17. The van der Waals surface area contributed by atoms with Crippen molar-refractivity contribution in [3.8, 4) is 18.1 Å². The largest absolute Gasteiger partial charge is 0.496 e. The first kappa shape index (κ1) is 7.68. The van der Waals surface area contributed by atoms with Crippen molar-refractivity contribution in [1.82, 2.24) is 0 Å². The van der Waals surface area contributed by atoms with Gasteiger partial charge in [0.05, 0.1) is 13.5 Å². The van der Waals surface area contributed by atoms with Crippen LogP contribution in [0.2, 0.25) is 0 Å². The van der Waals surface area contributed by atoms with Gasteiger partial charge in [-0.1, -0.05) is 24.1 Å². The summed E-state index contributed by atoms with van der Waals surface area (Å²) >= 11 is 0. The molecule has 0 heterocycles. The van der Waals surface area contributed by atoms with Gasteiger partial charge < -0.3 is 4.74 Å². The van der Waals surface area contributed by atoms with Gasteiger partial charge in [0.25, 0.3) is 0 Å². The monoisotopic (exact) mass is 145 g/mol. The number of benzene rings is 1. The highest BCUT2D eigenvalue weighted by atomic mass is 16.5. The maximum Gasteiger partial charge on any atom is 0.123 e. The van der Waals surface area contributed by atoms with E-state index in [1.165, 1.54) is 0 Å². The molecular weight excluding hydrogens is 136 g/mol. The zero-order valence-electron chi connectivity index (χ0n) is 6.37. The van der Waals surface area contributed by atoms with Crippen molar-refractivity contribution < 1.29 is 4.74 Å². The Morgan fingerprint density at radius 1 is 1.45 bits per heavy atom. The molecule has 55 valence electrons. The van der Waals surface area contributed by atoms with E-state index >= 15 is 0 Å². The van der Waals surface area contributed by atoms with Crippen LogP contribution in [0.4, 0.5) is 0 Å². The van der Waals surface area contributed by atoms with Gasteiger partial charge in [0.1, 0.15) is 5.75 Å². The summed E-state index contributed by atoms with van der Waals surface area (Å²) in [6.07, 6.45) is 6.80. The highest BCUT2D eigenvalue weighted by molar-refractivity contribution is 5.42. The number of hydrogen-bond donors (Lipinski definition) is 0. The number of methoxy groups -OCH3 is 1. The molecule has 1 radical (unpaired) electrons. The summed E-state index contributed by atoms with van der Waals surface area (Å²) in [5, 5.41) is 0. The van der Waals surface area contributed by atoms with Crippen LogP contribution in [0, 0.1) is 18.8 Å². The third-order valence-corrected chi connectivity index (χ3v) is 1.38. The normalized spacial score (nSPS) is 8.73. The number of rotatable bonds is 2. The zero-order valence-corrected chi connectivity index (χ0v) is 6.37. The highest BCUT2D eigenvalue weighted by Gasteiger charge is 1.97. The van der Waals surface area contributed by atoms with E-state index in [1.807, 2.05) is 24.3 Å². The van der Waals surface area contributed by atoms with Crippen LogP contribution in [0.3, 0.4) is 0 Å². The van der Waals surface area contributed by atoms with E-state index in [2.05, 4.69) is 5.92 Å². The average Bonchev–Trinajstić information content (AvgIpc) is 2.06. The molecule has 1 aromatic carbocycles. The summed E-state index contributed by atoms with van der Waals surface area (Å²) in [5.74, 6) is 3.26. The molecular formula is C10H9O. The first-order chi connectivity index (χ1) is 5.38. The summed E-state index contributed by atoms with van der Waals surface area (Å²) in [4.78, 5) is 0. The van der Waals surface area contributed by atoms with Crippen LogP contribution in [0.5, 0.6) is 5.75 Å². The summed E-state index contributed by atoms with van der Waals surface area (Å²) in [6, 6.07) is 7.63. The average molecular weight is 145 g/mol. The Bertz CT molecular complexity index is 270. The molecule has 1 nitrogen and oxygen atoms in total. The Kier molecular flexibility index (Phi) is 2.57. The first-order valence-corrected chi connectivity index (χ1v) is 3.31. The van der Waals surface area contributed by atoms with Crippen LogP contribution in [0.1, 0.15) is 5.56 Å². The molecule has 0 aliphatic rings. The fourth-order valence-electron chi connectivity index (χ4n) is 0.875. The molecule has 0 spiro atoms. The molecule has 0 atom stereocenters. The molecule has 1 heteroatoms. The standard InChI is InChI=1S/C10H9O/c1-3-6-9-7-4-5-8-10(9)11-2/h1,4-8H,2H3. The second kappa shape index (κ2) is 3.68. The van der Waals surface area contributed by atoms with Gasteiger partial charge in [0.2, 0.25) is 0 Å². The molecule has 0 aromatic heterocycles. The van der Waals surface area contributed by atoms with E-state index in [1.54, 1.807) is 13.5 Å². The van der Waals surface area contributed by atoms with Gasteiger partial charge in [-0.15, -0.1) is 6.42 Å². The SMILES string of the molecule is C#C[CH]c1ccccc1OC. The van der Waals surface area contributed by atoms with Crippen molar-refractivity contribution in [1.29, 1.82) is 0 Å². The van der Waals surface area contributed by atoms with Crippen LogP contribution in [0.15, 0.2) is 24.3 Å². The zero-order chi connectivity index (χ0) is 8.10. The molecule has 0 aliphatic carbocycles. The molecule has 11 heavy (non-hydrogen) atoms. The number of para-hydroxylation sites is 1. The smallest absolute Gasteiger partial charge is 0.123 e. The van der Waals surface area contributed by atoms with Gasteiger partial charge in [-0.25, -0.2) is 0 Å². The van der Waals surface area contributed by atoms with Gasteiger partial charge in [-0.3, -0.25) is 0 Å². The van der Waals surface area contributed by atoms with Crippen LogP contribution < -0.4 is 4.74 Å². The summed E-state index contributed by atoms with van der Waals surface area (Å²) in [5.41, 5.74) is 0.942. The Hall–Kier alpha value is -1.42. The molecule has 0 N–H and O–H groups in total. The molecule has 0 fully saturated rings. The Labute approximate surface area is 67.0 Å². The van der Waals surface area contributed by atoms with Gasteiger partial charge >= 0.3 is 0 Å². The maximum atomic E-state index is 5.12. The van der Waals surface area contributed by atoms with Gasteiger partial charge in [-0.2, -0.15) is 0 Å². The van der Waals surface area contributed by atoms with Crippen LogP contribution in [-0.4, -0.2) is 7.11 Å². The lowest BCUT2D eigenvalue weighted by Gasteiger charge is -2.03. The molecule has 0 unspecified atom stereocenters. The first-order valence-electron chi connectivity index (χ1n) is 3.31. The predicted octanol–water partition coefficient (Wildman–Crippen LogP) is 1.88. The molecule has 1 rings (SSSR count). The van der Waals surface area contributed by atoms with E-state index in [0.29, 0.717) is 0 Å². The minimum atomic E-state index is 0.811. The second-order valence-corrected chi connectivity index (χ2v) is 2.05. The Balaban J connectivity index is 2.94. The van der Waals surface area contributed by atoms with Crippen molar-refractivity contribution >= 4 is 0 Å². The van der Waals surface area contributed by atoms with E-state index in [-0.39, 0.29) is 0 Å². The fourth-order valence-corrected chi connectivity index (χ4v) is 0.875. The third kappa shape index (κ3) is 1.75. The van der Waals surface area contributed by atoms with Gasteiger partial charge in [0, 0.05) is 5.56 Å². The lowest BCUT2D eigenvalue weighted by atomic mass is 10.1. The summed E-state index contributed by atoms with van der Waals surface area (Å²) < 4.78 is 5.07. The lowest BCUT2D eigenvalue weighted by molar-refractivity contribution is 0.412. The fraction of sp³-hybridized carbons (Fsp3) is 0.100.